The Bertz CT molecular complexity index is 481. The van der Waals surface area contributed by atoms with E-state index in [1.807, 2.05) is 0 Å². The third-order valence-electron chi connectivity index (χ3n) is 3.83. The van der Waals surface area contributed by atoms with Gasteiger partial charge in [0.05, 0.1) is 11.0 Å². The number of hydrogen-bond acceptors (Lipinski definition) is 4. The molecule has 1 saturated carbocycles. The first-order valence-corrected chi connectivity index (χ1v) is 7.69. The first-order valence-electron chi connectivity index (χ1n) is 6.89. The van der Waals surface area contributed by atoms with Gasteiger partial charge in [-0.15, -0.1) is 0 Å². The van der Waals surface area contributed by atoms with Crippen LogP contribution in [0, 0.1) is 16.0 Å². The molecule has 20 heavy (non-hydrogen) atoms. The van der Waals surface area contributed by atoms with Crippen molar-refractivity contribution in [1.29, 1.82) is 0 Å². The van der Waals surface area contributed by atoms with E-state index in [0.29, 0.717) is 23.1 Å². The largest absolute Gasteiger partial charge is 0.393 e. The Balaban J connectivity index is 1.92. The van der Waals surface area contributed by atoms with E-state index in [2.05, 4.69) is 21.2 Å². The van der Waals surface area contributed by atoms with Crippen molar-refractivity contribution < 1.29 is 10.0 Å². The molecule has 1 fully saturated rings. The third-order valence-corrected chi connectivity index (χ3v) is 4.33. The van der Waals surface area contributed by atoms with Crippen molar-refractivity contribution in [3.8, 4) is 0 Å². The molecule has 2 unspecified atom stereocenters. The lowest BCUT2D eigenvalue weighted by atomic mass is 9.86. The van der Waals surface area contributed by atoms with Gasteiger partial charge in [0.15, 0.2) is 0 Å². The Morgan fingerprint density at radius 1 is 1.40 bits per heavy atom. The fraction of sp³-hybridized carbons (Fsp3) is 0.571. The van der Waals surface area contributed by atoms with E-state index < -0.39 is 0 Å². The number of nitrogens with one attached hydrogen (secondary N) is 1. The summed E-state index contributed by atoms with van der Waals surface area (Å²) in [5.41, 5.74) is 0.791. The van der Waals surface area contributed by atoms with E-state index in [4.69, 9.17) is 0 Å². The summed E-state index contributed by atoms with van der Waals surface area (Å²) >= 11 is 3.25. The highest BCUT2D eigenvalue weighted by Gasteiger charge is 2.22. The molecular weight excluding hydrogens is 324 g/mol. The van der Waals surface area contributed by atoms with Crippen LogP contribution in [0.1, 0.15) is 31.2 Å². The first-order chi connectivity index (χ1) is 9.58. The zero-order valence-electron chi connectivity index (χ0n) is 11.2. The summed E-state index contributed by atoms with van der Waals surface area (Å²) in [6.45, 7) is 1.15. The number of nitrogens with zero attached hydrogens (tertiary/aromatic N) is 1. The van der Waals surface area contributed by atoms with Gasteiger partial charge < -0.3 is 10.4 Å². The molecule has 1 aromatic carbocycles. The molecule has 2 rings (SSSR count). The van der Waals surface area contributed by atoms with Gasteiger partial charge in [0.2, 0.25) is 0 Å². The molecule has 5 nitrogen and oxygen atoms in total. The standard InChI is InChI=1S/C14H19BrN2O3/c15-12-6-5-10(13(7-12)17(19)20)8-16-9-11-3-1-2-4-14(11)18/h5-7,11,14,16,18H,1-4,8-9H2. The van der Waals surface area contributed by atoms with Crippen LogP contribution in [0.2, 0.25) is 0 Å². The summed E-state index contributed by atoms with van der Waals surface area (Å²) in [5.74, 6) is 0.262. The van der Waals surface area contributed by atoms with Crippen molar-refractivity contribution in [1.82, 2.24) is 5.32 Å². The van der Waals surface area contributed by atoms with Crippen molar-refractivity contribution in [3.63, 3.8) is 0 Å². The Morgan fingerprint density at radius 3 is 2.85 bits per heavy atom. The zero-order valence-corrected chi connectivity index (χ0v) is 12.8. The topological polar surface area (TPSA) is 75.4 Å². The quantitative estimate of drug-likeness (QED) is 0.637. The highest BCUT2D eigenvalue weighted by molar-refractivity contribution is 9.10. The maximum absolute atomic E-state index is 11.0. The van der Waals surface area contributed by atoms with Gasteiger partial charge in [0.25, 0.3) is 5.69 Å². The lowest BCUT2D eigenvalue weighted by Crippen LogP contribution is -2.33. The Hall–Kier alpha value is -0.980. The van der Waals surface area contributed by atoms with Crippen molar-refractivity contribution in [3.05, 3.63) is 38.3 Å². The number of aliphatic hydroxyl groups excluding tert-OH is 1. The smallest absolute Gasteiger partial charge is 0.275 e. The summed E-state index contributed by atoms with van der Waals surface area (Å²) in [6.07, 6.45) is 3.90. The summed E-state index contributed by atoms with van der Waals surface area (Å²) < 4.78 is 0.704. The van der Waals surface area contributed by atoms with Crippen LogP contribution in [0.3, 0.4) is 0 Å². The van der Waals surface area contributed by atoms with Crippen LogP contribution in [0.5, 0.6) is 0 Å². The Morgan fingerprint density at radius 2 is 2.15 bits per heavy atom. The normalized spacial score (nSPS) is 22.7. The number of rotatable bonds is 5. The van der Waals surface area contributed by atoms with Crippen molar-refractivity contribution in [2.75, 3.05) is 6.54 Å². The molecule has 0 spiro atoms. The minimum Gasteiger partial charge on any atom is -0.393 e. The molecule has 0 aromatic heterocycles. The first kappa shape index (κ1) is 15.4. The van der Waals surface area contributed by atoms with Gasteiger partial charge in [0.1, 0.15) is 0 Å². The Kier molecular flexibility index (Phi) is 5.51. The zero-order chi connectivity index (χ0) is 14.5. The SMILES string of the molecule is O=[N+]([O-])c1cc(Br)ccc1CNCC1CCCCC1O. The lowest BCUT2D eigenvalue weighted by Gasteiger charge is -2.27. The highest BCUT2D eigenvalue weighted by atomic mass is 79.9. The summed E-state index contributed by atoms with van der Waals surface area (Å²) in [7, 11) is 0. The van der Waals surface area contributed by atoms with E-state index in [9.17, 15) is 15.2 Å². The van der Waals surface area contributed by atoms with Gasteiger partial charge >= 0.3 is 0 Å². The monoisotopic (exact) mass is 342 g/mol. The molecule has 1 aliphatic carbocycles. The number of hydrogen-bond donors (Lipinski definition) is 2. The van der Waals surface area contributed by atoms with E-state index in [1.165, 1.54) is 6.07 Å². The van der Waals surface area contributed by atoms with Crippen LogP contribution in [-0.2, 0) is 6.54 Å². The average molecular weight is 343 g/mol. The number of aliphatic hydroxyl groups is 1. The fourth-order valence-corrected chi connectivity index (χ4v) is 3.02. The number of nitro benzene ring substituents is 1. The molecule has 6 heteroatoms. The highest BCUT2D eigenvalue weighted by Crippen LogP contribution is 2.25. The second-order valence-electron chi connectivity index (χ2n) is 5.27. The molecule has 2 atom stereocenters. The van der Waals surface area contributed by atoms with E-state index in [1.54, 1.807) is 12.1 Å². The van der Waals surface area contributed by atoms with Crippen LogP contribution in [0.25, 0.3) is 0 Å². The molecule has 0 amide bonds. The van der Waals surface area contributed by atoms with Gasteiger partial charge in [-0.3, -0.25) is 10.1 Å². The molecule has 0 bridgehead atoms. The molecule has 1 aliphatic rings. The molecule has 0 heterocycles. The fourth-order valence-electron chi connectivity index (χ4n) is 2.67. The van der Waals surface area contributed by atoms with Crippen molar-refractivity contribution >= 4 is 21.6 Å². The molecule has 0 aliphatic heterocycles. The van der Waals surface area contributed by atoms with Crippen LogP contribution < -0.4 is 5.32 Å². The predicted molar refractivity (Wildman–Crippen MR) is 80.5 cm³/mol. The maximum atomic E-state index is 11.0. The van der Waals surface area contributed by atoms with E-state index in [-0.39, 0.29) is 22.6 Å². The maximum Gasteiger partial charge on any atom is 0.275 e. The third kappa shape index (κ3) is 4.01. The summed E-state index contributed by atoms with van der Waals surface area (Å²) in [4.78, 5) is 10.6. The van der Waals surface area contributed by atoms with Gasteiger partial charge in [0, 0.05) is 29.2 Å². The van der Waals surface area contributed by atoms with Crippen molar-refractivity contribution in [2.45, 2.75) is 38.3 Å². The number of benzene rings is 1. The molecular formula is C14H19BrN2O3. The van der Waals surface area contributed by atoms with Crippen LogP contribution >= 0.6 is 15.9 Å². The average Bonchev–Trinajstić information content (AvgIpc) is 2.42. The summed E-state index contributed by atoms with van der Waals surface area (Å²) in [6, 6.07) is 5.08. The van der Waals surface area contributed by atoms with Gasteiger partial charge in [-0.2, -0.15) is 0 Å². The van der Waals surface area contributed by atoms with Crippen LogP contribution in [0.4, 0.5) is 5.69 Å². The minimum absolute atomic E-state index is 0.121. The lowest BCUT2D eigenvalue weighted by molar-refractivity contribution is -0.385. The second-order valence-corrected chi connectivity index (χ2v) is 6.19. The summed E-state index contributed by atoms with van der Waals surface area (Å²) in [5, 5.41) is 24.1. The molecule has 0 radical (unpaired) electrons. The molecule has 0 saturated heterocycles. The molecule has 110 valence electrons. The van der Waals surface area contributed by atoms with Gasteiger partial charge in [-0.25, -0.2) is 0 Å². The van der Waals surface area contributed by atoms with Gasteiger partial charge in [-0.1, -0.05) is 28.8 Å². The Labute approximate surface area is 126 Å². The van der Waals surface area contributed by atoms with Crippen molar-refractivity contribution in [2.24, 2.45) is 5.92 Å². The molecule has 2 N–H and O–H groups in total. The minimum atomic E-state index is -0.364. The number of nitro groups is 1. The van der Waals surface area contributed by atoms with Crippen LogP contribution in [-0.4, -0.2) is 22.7 Å². The van der Waals surface area contributed by atoms with Crippen LogP contribution in [0.15, 0.2) is 22.7 Å². The second kappa shape index (κ2) is 7.15. The van der Waals surface area contributed by atoms with E-state index >= 15 is 0 Å². The number of halogens is 1. The van der Waals surface area contributed by atoms with Gasteiger partial charge in [-0.05, 0) is 30.9 Å². The predicted octanol–water partition coefficient (Wildman–Crippen LogP) is 3.00. The molecule has 1 aromatic rings. The van der Waals surface area contributed by atoms with E-state index in [0.717, 1.165) is 25.7 Å².